The third-order valence-electron chi connectivity index (χ3n) is 2.29. The second-order valence-electron chi connectivity index (χ2n) is 3.87. The molecule has 3 nitrogen and oxygen atoms in total. The van der Waals surface area contributed by atoms with E-state index in [9.17, 15) is 8.42 Å². The van der Waals surface area contributed by atoms with E-state index in [1.54, 1.807) is 36.4 Å². The van der Waals surface area contributed by atoms with Crippen LogP contribution in [-0.2, 0) is 15.9 Å². The highest BCUT2D eigenvalue weighted by molar-refractivity contribution is 7.86. The van der Waals surface area contributed by atoms with E-state index in [4.69, 9.17) is 27.4 Å². The van der Waals surface area contributed by atoms with Gasteiger partial charge in [-0.05, 0) is 42.0 Å². The predicted octanol–water partition coefficient (Wildman–Crippen LogP) is 3.90. The Morgan fingerprint density at radius 1 is 0.842 bits per heavy atom. The summed E-state index contributed by atoms with van der Waals surface area (Å²) in [5.74, 6) is 0.0191. The van der Waals surface area contributed by atoms with Crippen LogP contribution in [0.4, 0.5) is 0 Å². The Morgan fingerprint density at radius 2 is 1.32 bits per heavy atom. The molecule has 0 saturated heterocycles. The van der Waals surface area contributed by atoms with Crippen molar-refractivity contribution in [3.05, 3.63) is 64.1 Å². The van der Waals surface area contributed by atoms with Crippen molar-refractivity contribution < 1.29 is 12.6 Å². The average molecular weight is 317 g/mol. The Kier molecular flexibility index (Phi) is 4.34. The van der Waals surface area contributed by atoms with E-state index >= 15 is 0 Å². The zero-order valence-electron chi connectivity index (χ0n) is 9.71. The van der Waals surface area contributed by atoms with E-state index in [0.29, 0.717) is 15.6 Å². The van der Waals surface area contributed by atoms with E-state index < -0.39 is 10.1 Å². The third kappa shape index (κ3) is 4.42. The summed E-state index contributed by atoms with van der Waals surface area (Å²) in [6.45, 7) is 0. The highest BCUT2D eigenvalue weighted by Gasteiger charge is 2.14. The largest absolute Gasteiger partial charge is 0.382 e. The molecule has 2 rings (SSSR count). The van der Waals surface area contributed by atoms with Crippen molar-refractivity contribution in [1.29, 1.82) is 0 Å². The highest BCUT2D eigenvalue weighted by atomic mass is 35.5. The van der Waals surface area contributed by atoms with Crippen LogP contribution < -0.4 is 4.18 Å². The lowest BCUT2D eigenvalue weighted by atomic mass is 10.2. The average Bonchev–Trinajstić information content (AvgIpc) is 2.34. The van der Waals surface area contributed by atoms with Crippen LogP contribution in [0.2, 0.25) is 10.0 Å². The molecule has 0 aromatic heterocycles. The zero-order valence-corrected chi connectivity index (χ0v) is 12.0. The van der Waals surface area contributed by atoms with Crippen LogP contribution in [0, 0.1) is 0 Å². The minimum atomic E-state index is -3.70. The molecular formula is C13H10Cl2O3S. The smallest absolute Gasteiger partial charge is 0.313 e. The van der Waals surface area contributed by atoms with Crippen molar-refractivity contribution in [3.63, 3.8) is 0 Å². The molecule has 0 N–H and O–H groups in total. The summed E-state index contributed by atoms with van der Waals surface area (Å²) in [6.07, 6.45) is 0. The summed E-state index contributed by atoms with van der Waals surface area (Å²) >= 11 is 11.4. The lowest BCUT2D eigenvalue weighted by Crippen LogP contribution is -2.11. The van der Waals surface area contributed by atoms with Crippen molar-refractivity contribution in [2.24, 2.45) is 0 Å². The predicted molar refractivity (Wildman–Crippen MR) is 76.2 cm³/mol. The monoisotopic (exact) mass is 316 g/mol. The summed E-state index contributed by atoms with van der Waals surface area (Å²) in [4.78, 5) is 0. The van der Waals surface area contributed by atoms with Crippen LogP contribution in [0.1, 0.15) is 5.56 Å². The normalized spacial score (nSPS) is 11.3. The van der Waals surface area contributed by atoms with Gasteiger partial charge in [-0.3, -0.25) is 0 Å². The Morgan fingerprint density at radius 3 is 1.84 bits per heavy atom. The molecule has 2 aromatic carbocycles. The summed E-state index contributed by atoms with van der Waals surface area (Å²) in [5, 5.41) is 1.07. The quantitative estimate of drug-likeness (QED) is 0.803. The van der Waals surface area contributed by atoms with E-state index in [2.05, 4.69) is 0 Å². The maximum Gasteiger partial charge on any atom is 0.313 e. The highest BCUT2D eigenvalue weighted by Crippen LogP contribution is 2.19. The fraction of sp³-hybridized carbons (Fsp3) is 0.0769. The molecular weight excluding hydrogens is 307 g/mol. The fourth-order valence-electron chi connectivity index (χ4n) is 1.45. The van der Waals surface area contributed by atoms with Gasteiger partial charge in [-0.15, -0.1) is 0 Å². The van der Waals surface area contributed by atoms with Crippen molar-refractivity contribution in [2.45, 2.75) is 5.75 Å². The molecule has 6 heteroatoms. The van der Waals surface area contributed by atoms with Crippen LogP contribution in [0.25, 0.3) is 0 Å². The maximum absolute atomic E-state index is 11.9. The lowest BCUT2D eigenvalue weighted by molar-refractivity contribution is 0.485. The van der Waals surface area contributed by atoms with Crippen molar-refractivity contribution >= 4 is 33.3 Å². The fourth-order valence-corrected chi connectivity index (χ4v) is 2.77. The van der Waals surface area contributed by atoms with Gasteiger partial charge in [0.15, 0.2) is 0 Å². The molecule has 100 valence electrons. The van der Waals surface area contributed by atoms with Gasteiger partial charge in [-0.2, -0.15) is 8.42 Å². The van der Waals surface area contributed by atoms with Crippen molar-refractivity contribution in [3.8, 4) is 5.75 Å². The first-order chi connectivity index (χ1) is 8.94. The van der Waals surface area contributed by atoms with E-state index in [0.717, 1.165) is 0 Å². The molecule has 0 spiro atoms. The van der Waals surface area contributed by atoms with Gasteiger partial charge in [0.05, 0.1) is 0 Å². The standard InChI is InChI=1S/C13H10Cl2O3S/c14-11-3-1-10(2-4-11)9-19(16,17)18-13-7-5-12(15)6-8-13/h1-8H,9H2. The molecule has 19 heavy (non-hydrogen) atoms. The molecule has 0 aliphatic carbocycles. The van der Waals surface area contributed by atoms with E-state index in [1.807, 2.05) is 0 Å². The molecule has 0 heterocycles. The van der Waals surface area contributed by atoms with Crippen LogP contribution in [-0.4, -0.2) is 8.42 Å². The molecule has 0 fully saturated rings. The molecule has 2 aromatic rings. The first-order valence-electron chi connectivity index (χ1n) is 5.37. The molecule has 0 saturated carbocycles. The number of hydrogen-bond donors (Lipinski definition) is 0. The lowest BCUT2D eigenvalue weighted by Gasteiger charge is -2.07. The second kappa shape index (κ2) is 5.82. The first-order valence-corrected chi connectivity index (χ1v) is 7.70. The minimum Gasteiger partial charge on any atom is -0.382 e. The van der Waals surface area contributed by atoms with Crippen molar-refractivity contribution in [1.82, 2.24) is 0 Å². The van der Waals surface area contributed by atoms with Gasteiger partial charge in [-0.25, -0.2) is 0 Å². The van der Waals surface area contributed by atoms with Crippen molar-refractivity contribution in [2.75, 3.05) is 0 Å². The zero-order chi connectivity index (χ0) is 13.9. The van der Waals surface area contributed by atoms with Crippen LogP contribution >= 0.6 is 23.2 Å². The van der Waals surface area contributed by atoms with Gasteiger partial charge in [0.25, 0.3) is 0 Å². The second-order valence-corrected chi connectivity index (χ2v) is 6.31. The molecule has 0 aliphatic heterocycles. The van der Waals surface area contributed by atoms with Gasteiger partial charge < -0.3 is 4.18 Å². The topological polar surface area (TPSA) is 43.4 Å². The number of hydrogen-bond acceptors (Lipinski definition) is 3. The SMILES string of the molecule is O=S(=O)(Cc1ccc(Cl)cc1)Oc1ccc(Cl)cc1. The van der Waals surface area contributed by atoms with E-state index in [1.165, 1.54) is 12.1 Å². The van der Waals surface area contributed by atoms with Crippen LogP contribution in [0.3, 0.4) is 0 Å². The van der Waals surface area contributed by atoms with E-state index in [-0.39, 0.29) is 11.5 Å². The van der Waals surface area contributed by atoms with Gasteiger partial charge in [-0.1, -0.05) is 35.3 Å². The van der Waals surface area contributed by atoms with Gasteiger partial charge in [0.1, 0.15) is 11.5 Å². The van der Waals surface area contributed by atoms with Crippen LogP contribution in [0.5, 0.6) is 5.75 Å². The minimum absolute atomic E-state index is 0.215. The molecule has 0 radical (unpaired) electrons. The maximum atomic E-state index is 11.9. The first kappa shape index (κ1) is 14.2. The third-order valence-corrected chi connectivity index (χ3v) is 3.93. The number of benzene rings is 2. The molecule has 0 unspecified atom stereocenters. The Balaban J connectivity index is 2.10. The molecule has 0 bridgehead atoms. The Bertz CT molecular complexity index is 596. The van der Waals surface area contributed by atoms with Gasteiger partial charge in [0, 0.05) is 10.0 Å². The summed E-state index contributed by atoms with van der Waals surface area (Å²) in [7, 11) is -3.70. The molecule has 0 aliphatic rings. The van der Waals surface area contributed by atoms with Gasteiger partial charge in [0.2, 0.25) is 0 Å². The summed E-state index contributed by atoms with van der Waals surface area (Å²) in [6, 6.07) is 12.7. The Labute approximate surface area is 121 Å². The molecule has 0 atom stereocenters. The summed E-state index contributed by atoms with van der Waals surface area (Å²) in [5.41, 5.74) is 0.610. The number of halogens is 2. The molecule has 0 amide bonds. The van der Waals surface area contributed by atoms with Gasteiger partial charge >= 0.3 is 10.1 Å². The number of rotatable bonds is 4. The summed E-state index contributed by atoms with van der Waals surface area (Å²) < 4.78 is 28.7. The van der Waals surface area contributed by atoms with Crippen LogP contribution in [0.15, 0.2) is 48.5 Å². The Hall–Kier alpha value is -1.23.